The molecule has 5 nitrogen and oxygen atoms in total. The molecule has 0 saturated carbocycles. The molecule has 7 heteroatoms. The first kappa shape index (κ1) is 22.9. The molecule has 0 aliphatic rings. The number of carbonyl (C=O) groups excluding carboxylic acids is 1. The van der Waals surface area contributed by atoms with Crippen molar-refractivity contribution in [3.63, 3.8) is 0 Å². The summed E-state index contributed by atoms with van der Waals surface area (Å²) in [5.41, 5.74) is 8.03. The quantitative estimate of drug-likeness (QED) is 0.728. The summed E-state index contributed by atoms with van der Waals surface area (Å²) >= 11 is 0. The van der Waals surface area contributed by atoms with Crippen molar-refractivity contribution in [1.29, 1.82) is 0 Å². The lowest BCUT2D eigenvalue weighted by Gasteiger charge is -2.24. The molecule has 0 heterocycles. The number of amides is 1. The van der Waals surface area contributed by atoms with Crippen molar-refractivity contribution in [3.05, 3.63) is 35.4 Å². The Balaban J connectivity index is 0.00000529. The molecule has 138 valence electrons. The van der Waals surface area contributed by atoms with Crippen LogP contribution in [0.3, 0.4) is 0 Å². The summed E-state index contributed by atoms with van der Waals surface area (Å²) in [6.07, 6.45) is 2.08. The van der Waals surface area contributed by atoms with E-state index in [2.05, 4.69) is 19.2 Å². The highest BCUT2D eigenvalue weighted by molar-refractivity contribution is 7.90. The average Bonchev–Trinajstić information content (AvgIpc) is 2.43. The Morgan fingerprint density at radius 3 is 2.33 bits per heavy atom. The Hall–Kier alpha value is -1.11. The maximum Gasteiger partial charge on any atom is 0.237 e. The lowest BCUT2D eigenvalue weighted by Crippen LogP contribution is -2.43. The van der Waals surface area contributed by atoms with Crippen LogP contribution in [0.2, 0.25) is 0 Å². The number of nitrogens with one attached hydrogen (secondary N) is 1. The predicted molar refractivity (Wildman–Crippen MR) is 101 cm³/mol. The summed E-state index contributed by atoms with van der Waals surface area (Å²) in [5, 5.41) is 2.98. The number of nitrogens with two attached hydrogens (primary N) is 1. The fraction of sp³-hybridized carbons (Fsp3) is 0.588. The summed E-state index contributed by atoms with van der Waals surface area (Å²) in [6.45, 7) is 6.21. The Morgan fingerprint density at radius 1 is 1.25 bits per heavy atom. The number of sulfone groups is 1. The van der Waals surface area contributed by atoms with Crippen LogP contribution in [0.15, 0.2) is 24.3 Å². The van der Waals surface area contributed by atoms with E-state index in [4.69, 9.17) is 5.73 Å². The van der Waals surface area contributed by atoms with Crippen LogP contribution in [0.25, 0.3) is 0 Å². The second kappa shape index (κ2) is 10.0. The number of carbonyl (C=O) groups is 1. The summed E-state index contributed by atoms with van der Waals surface area (Å²) in [6, 6.07) is 7.00. The van der Waals surface area contributed by atoms with E-state index >= 15 is 0 Å². The van der Waals surface area contributed by atoms with Crippen LogP contribution in [0.5, 0.6) is 0 Å². The van der Waals surface area contributed by atoms with Gasteiger partial charge in [0.1, 0.15) is 9.84 Å². The molecule has 0 bridgehead atoms. The van der Waals surface area contributed by atoms with Crippen molar-refractivity contribution in [2.45, 2.75) is 45.7 Å². The van der Waals surface area contributed by atoms with Crippen LogP contribution in [0.1, 0.15) is 43.9 Å². The van der Waals surface area contributed by atoms with Crippen LogP contribution in [0, 0.1) is 12.8 Å². The van der Waals surface area contributed by atoms with E-state index in [0.717, 1.165) is 23.8 Å². The number of benzene rings is 1. The fourth-order valence-corrected chi connectivity index (χ4v) is 3.15. The van der Waals surface area contributed by atoms with E-state index in [1.54, 1.807) is 0 Å². The van der Waals surface area contributed by atoms with Gasteiger partial charge in [-0.2, -0.15) is 0 Å². The molecule has 1 aromatic rings. The maximum atomic E-state index is 12.3. The van der Waals surface area contributed by atoms with Gasteiger partial charge in [-0.25, -0.2) is 8.42 Å². The molecule has 0 saturated heterocycles. The molecule has 0 aliphatic heterocycles. The fourth-order valence-electron chi connectivity index (χ4n) is 2.46. The van der Waals surface area contributed by atoms with Gasteiger partial charge in [-0.1, -0.05) is 38.1 Å². The van der Waals surface area contributed by atoms with E-state index in [9.17, 15) is 13.2 Å². The summed E-state index contributed by atoms with van der Waals surface area (Å²) < 4.78 is 22.4. The Kier molecular flexibility index (Phi) is 9.55. The molecule has 0 aromatic heterocycles. The lowest BCUT2D eigenvalue weighted by atomic mass is 9.93. The van der Waals surface area contributed by atoms with Crippen molar-refractivity contribution in [2.75, 3.05) is 12.0 Å². The highest BCUT2D eigenvalue weighted by atomic mass is 35.5. The minimum absolute atomic E-state index is 0. The Morgan fingerprint density at radius 2 is 1.83 bits per heavy atom. The van der Waals surface area contributed by atoms with Crippen LogP contribution >= 0.6 is 12.4 Å². The topological polar surface area (TPSA) is 89.3 Å². The van der Waals surface area contributed by atoms with Crippen LogP contribution in [0.4, 0.5) is 0 Å². The van der Waals surface area contributed by atoms with Gasteiger partial charge in [0.15, 0.2) is 0 Å². The third-order valence-corrected chi connectivity index (χ3v) is 4.70. The Bertz CT molecular complexity index is 632. The minimum atomic E-state index is -3.12. The summed E-state index contributed by atoms with van der Waals surface area (Å²) in [7, 11) is -3.12. The molecule has 3 N–H and O–H groups in total. The van der Waals surface area contributed by atoms with Crippen LogP contribution in [-0.2, 0) is 14.6 Å². The molecule has 0 spiro atoms. The van der Waals surface area contributed by atoms with Gasteiger partial charge in [0, 0.05) is 6.26 Å². The zero-order valence-electron chi connectivity index (χ0n) is 14.8. The van der Waals surface area contributed by atoms with E-state index in [1.807, 2.05) is 31.2 Å². The van der Waals surface area contributed by atoms with Crippen molar-refractivity contribution >= 4 is 28.2 Å². The first-order valence-electron chi connectivity index (χ1n) is 7.89. The van der Waals surface area contributed by atoms with Gasteiger partial charge in [0.2, 0.25) is 5.91 Å². The Labute approximate surface area is 151 Å². The molecule has 2 atom stereocenters. The molecule has 1 amide bonds. The van der Waals surface area contributed by atoms with Gasteiger partial charge in [0.25, 0.3) is 0 Å². The standard InChI is InChI=1S/C17H28N2O3S.ClH/c1-12(2)11-16(14-8-6-5-7-13(14)3)19-17(20)15(18)9-10-23(4,21)22;/h5-8,12,15-16H,9-11,18H2,1-4H3,(H,19,20);1H. The molecular formula is C17H29ClN2O3S. The second-order valence-corrected chi connectivity index (χ2v) is 8.83. The minimum Gasteiger partial charge on any atom is -0.348 e. The number of aryl methyl sites for hydroxylation is 1. The summed E-state index contributed by atoms with van der Waals surface area (Å²) in [4.78, 5) is 12.3. The van der Waals surface area contributed by atoms with E-state index in [0.29, 0.717) is 5.92 Å². The molecule has 1 rings (SSSR count). The molecule has 2 unspecified atom stereocenters. The normalized spacial score (nSPS) is 13.9. The van der Waals surface area contributed by atoms with E-state index in [-0.39, 0.29) is 36.5 Å². The zero-order valence-corrected chi connectivity index (χ0v) is 16.4. The van der Waals surface area contributed by atoms with Gasteiger partial charge < -0.3 is 11.1 Å². The molecule has 0 aliphatic carbocycles. The highest BCUT2D eigenvalue weighted by Gasteiger charge is 2.22. The van der Waals surface area contributed by atoms with Gasteiger partial charge in [-0.05, 0) is 36.8 Å². The zero-order chi connectivity index (χ0) is 17.6. The third-order valence-electron chi connectivity index (χ3n) is 3.72. The van der Waals surface area contributed by atoms with Crippen LogP contribution < -0.4 is 11.1 Å². The lowest BCUT2D eigenvalue weighted by molar-refractivity contribution is -0.123. The number of rotatable bonds is 8. The number of hydrogen-bond acceptors (Lipinski definition) is 4. The smallest absolute Gasteiger partial charge is 0.237 e. The third kappa shape index (κ3) is 8.13. The highest BCUT2D eigenvalue weighted by Crippen LogP contribution is 2.24. The molecule has 24 heavy (non-hydrogen) atoms. The van der Waals surface area contributed by atoms with E-state index in [1.165, 1.54) is 0 Å². The second-order valence-electron chi connectivity index (χ2n) is 6.57. The van der Waals surface area contributed by atoms with Gasteiger partial charge in [0.05, 0.1) is 17.8 Å². The maximum absolute atomic E-state index is 12.3. The van der Waals surface area contributed by atoms with Crippen molar-refractivity contribution < 1.29 is 13.2 Å². The molecule has 0 radical (unpaired) electrons. The molecule has 0 fully saturated rings. The summed E-state index contributed by atoms with van der Waals surface area (Å²) in [5.74, 6) is 0.0237. The monoisotopic (exact) mass is 376 g/mol. The average molecular weight is 377 g/mol. The van der Waals surface area contributed by atoms with Crippen molar-refractivity contribution in [3.8, 4) is 0 Å². The number of hydrogen-bond donors (Lipinski definition) is 2. The molecular weight excluding hydrogens is 348 g/mol. The van der Waals surface area contributed by atoms with Gasteiger partial charge >= 0.3 is 0 Å². The van der Waals surface area contributed by atoms with Gasteiger partial charge in [-0.15, -0.1) is 12.4 Å². The number of halogens is 1. The van der Waals surface area contributed by atoms with Crippen molar-refractivity contribution in [1.82, 2.24) is 5.32 Å². The van der Waals surface area contributed by atoms with Crippen LogP contribution in [-0.4, -0.2) is 32.4 Å². The molecule has 1 aromatic carbocycles. The first-order valence-corrected chi connectivity index (χ1v) is 9.95. The predicted octanol–water partition coefficient (Wildman–Crippen LogP) is 2.38. The van der Waals surface area contributed by atoms with Crippen molar-refractivity contribution in [2.24, 2.45) is 11.7 Å². The largest absolute Gasteiger partial charge is 0.348 e. The first-order chi connectivity index (χ1) is 10.6. The van der Waals surface area contributed by atoms with Gasteiger partial charge in [-0.3, -0.25) is 4.79 Å². The van der Waals surface area contributed by atoms with E-state index < -0.39 is 15.9 Å². The SMILES string of the molecule is Cc1ccccc1C(CC(C)C)NC(=O)C(N)CCS(C)(=O)=O.Cl.